The number of unbranched alkanes of at least 4 members (excludes halogenated alkanes) is 23. The van der Waals surface area contributed by atoms with Crippen molar-refractivity contribution in [1.29, 1.82) is 0 Å². The number of allylic oxidation sites excluding steroid dienone is 6. The maximum absolute atomic E-state index is 12.2. The zero-order chi connectivity index (χ0) is 35.0. The highest BCUT2D eigenvalue weighted by Gasteiger charge is 2.16. The molecular formula is C43H78O5. The normalized spacial score (nSPS) is 12.5. The van der Waals surface area contributed by atoms with Gasteiger partial charge in [0.05, 0.1) is 6.61 Å². The Bertz CT molecular complexity index is 771. The summed E-state index contributed by atoms with van der Waals surface area (Å²) in [6.45, 7) is 4.10. The summed E-state index contributed by atoms with van der Waals surface area (Å²) in [5.74, 6) is -0.602. The van der Waals surface area contributed by atoms with Crippen molar-refractivity contribution in [2.24, 2.45) is 0 Å². The van der Waals surface area contributed by atoms with Crippen molar-refractivity contribution in [3.05, 3.63) is 36.5 Å². The Balaban J connectivity index is 3.55. The zero-order valence-electron chi connectivity index (χ0n) is 31.7. The minimum atomic E-state index is -0.775. The average Bonchev–Trinajstić information content (AvgIpc) is 3.09. The summed E-state index contributed by atoms with van der Waals surface area (Å²) in [5, 5.41) is 9.56. The Morgan fingerprint density at radius 2 is 0.833 bits per heavy atom. The third kappa shape index (κ3) is 36.9. The monoisotopic (exact) mass is 675 g/mol. The van der Waals surface area contributed by atoms with Crippen molar-refractivity contribution < 1.29 is 24.2 Å². The molecule has 0 bridgehead atoms. The van der Waals surface area contributed by atoms with Gasteiger partial charge in [0.25, 0.3) is 0 Å². The van der Waals surface area contributed by atoms with E-state index in [0.29, 0.717) is 12.8 Å². The van der Waals surface area contributed by atoms with Crippen LogP contribution in [0.4, 0.5) is 0 Å². The van der Waals surface area contributed by atoms with Gasteiger partial charge in [0, 0.05) is 12.8 Å². The van der Waals surface area contributed by atoms with E-state index >= 15 is 0 Å². The second kappa shape index (κ2) is 39.6. The molecule has 1 N–H and O–H groups in total. The van der Waals surface area contributed by atoms with Gasteiger partial charge >= 0.3 is 11.9 Å². The van der Waals surface area contributed by atoms with E-state index in [0.717, 1.165) is 51.4 Å². The average molecular weight is 675 g/mol. The lowest BCUT2D eigenvalue weighted by Gasteiger charge is -2.15. The molecule has 5 nitrogen and oxygen atoms in total. The van der Waals surface area contributed by atoms with E-state index in [1.165, 1.54) is 128 Å². The molecule has 0 aromatic heterocycles. The lowest BCUT2D eigenvalue weighted by molar-refractivity contribution is -0.161. The first kappa shape index (κ1) is 46.1. The summed E-state index contributed by atoms with van der Waals surface area (Å²) < 4.78 is 10.6. The van der Waals surface area contributed by atoms with E-state index < -0.39 is 6.10 Å². The maximum Gasteiger partial charge on any atom is 0.306 e. The molecule has 5 heteroatoms. The molecule has 0 aromatic rings. The van der Waals surface area contributed by atoms with Gasteiger partial charge in [0.1, 0.15) is 6.61 Å². The van der Waals surface area contributed by atoms with Crippen LogP contribution in [0.3, 0.4) is 0 Å². The van der Waals surface area contributed by atoms with E-state index in [4.69, 9.17) is 9.47 Å². The highest BCUT2D eigenvalue weighted by atomic mass is 16.6. The molecule has 0 aromatic carbocycles. The summed E-state index contributed by atoms with van der Waals surface area (Å²) in [6, 6.07) is 0. The fourth-order valence-corrected chi connectivity index (χ4v) is 5.75. The summed E-state index contributed by atoms with van der Waals surface area (Å²) in [7, 11) is 0. The molecule has 1 atom stereocenters. The van der Waals surface area contributed by atoms with Crippen LogP contribution in [0.15, 0.2) is 36.5 Å². The molecule has 0 rings (SSSR count). The van der Waals surface area contributed by atoms with Crippen LogP contribution >= 0.6 is 0 Å². The molecule has 0 saturated carbocycles. The van der Waals surface area contributed by atoms with E-state index in [1.807, 2.05) is 0 Å². The predicted octanol–water partition coefficient (Wildman–Crippen LogP) is 12.8. The highest BCUT2D eigenvalue weighted by molar-refractivity contribution is 5.70. The van der Waals surface area contributed by atoms with Gasteiger partial charge in [-0.15, -0.1) is 0 Å². The van der Waals surface area contributed by atoms with Gasteiger partial charge in [-0.05, 0) is 70.6 Å². The summed E-state index contributed by atoms with van der Waals surface area (Å²) in [4.78, 5) is 24.3. The van der Waals surface area contributed by atoms with E-state index in [2.05, 4.69) is 50.3 Å². The van der Waals surface area contributed by atoms with Crippen LogP contribution in [0.5, 0.6) is 0 Å². The number of aliphatic hydroxyl groups excluding tert-OH is 1. The van der Waals surface area contributed by atoms with Gasteiger partial charge in [0.15, 0.2) is 6.10 Å². The van der Waals surface area contributed by atoms with Crippen molar-refractivity contribution in [3.8, 4) is 0 Å². The van der Waals surface area contributed by atoms with Crippen molar-refractivity contribution in [1.82, 2.24) is 0 Å². The molecule has 0 radical (unpaired) electrons. The molecule has 0 amide bonds. The smallest absolute Gasteiger partial charge is 0.306 e. The predicted molar refractivity (Wildman–Crippen MR) is 205 cm³/mol. The summed E-state index contributed by atoms with van der Waals surface area (Å²) in [6.07, 6.45) is 47.7. The first-order valence-corrected chi connectivity index (χ1v) is 20.5. The van der Waals surface area contributed by atoms with Gasteiger partial charge in [-0.2, -0.15) is 0 Å². The van der Waals surface area contributed by atoms with Crippen LogP contribution in [-0.2, 0) is 19.1 Å². The van der Waals surface area contributed by atoms with Crippen LogP contribution in [0.2, 0.25) is 0 Å². The lowest BCUT2D eigenvalue weighted by atomic mass is 10.1. The van der Waals surface area contributed by atoms with Gasteiger partial charge in [-0.1, -0.05) is 159 Å². The first-order valence-electron chi connectivity index (χ1n) is 20.5. The van der Waals surface area contributed by atoms with Crippen molar-refractivity contribution in [2.45, 2.75) is 213 Å². The third-order valence-electron chi connectivity index (χ3n) is 8.91. The van der Waals surface area contributed by atoms with Gasteiger partial charge in [-0.25, -0.2) is 0 Å². The Labute approximate surface area is 297 Å². The maximum atomic E-state index is 12.2. The second-order valence-electron chi connectivity index (χ2n) is 13.7. The number of carbonyl (C=O) groups is 2. The Morgan fingerprint density at radius 3 is 1.29 bits per heavy atom. The van der Waals surface area contributed by atoms with E-state index in [-0.39, 0.29) is 25.2 Å². The summed E-state index contributed by atoms with van der Waals surface area (Å²) in [5.41, 5.74) is 0. The van der Waals surface area contributed by atoms with Crippen LogP contribution in [-0.4, -0.2) is 36.4 Å². The Hall–Kier alpha value is -1.88. The number of aliphatic hydroxyl groups is 1. The van der Waals surface area contributed by atoms with Gasteiger partial charge < -0.3 is 14.6 Å². The minimum Gasteiger partial charge on any atom is -0.462 e. The molecule has 0 fully saturated rings. The SMILES string of the molecule is CCCCC/C=C\C/C=C\CCCCCCCCCCCC(=O)OC(CO)COC(=O)CCCCCCC/C=C\CCCCCCCC. The van der Waals surface area contributed by atoms with Crippen LogP contribution in [0.1, 0.15) is 206 Å². The van der Waals surface area contributed by atoms with Gasteiger partial charge in [0.2, 0.25) is 0 Å². The standard InChI is InChI=1S/C43H78O5/c1-3-5-7-9-11-13-15-17-19-20-21-22-24-26-28-30-32-34-36-38-43(46)48-41(39-44)40-47-42(45)37-35-33-31-29-27-25-23-18-16-14-12-10-8-6-4-2/h11,13,17-19,23,41,44H,3-10,12,14-16,20-22,24-40H2,1-2H3/b13-11-,19-17-,23-18-. The molecule has 0 heterocycles. The topological polar surface area (TPSA) is 72.8 Å². The van der Waals surface area contributed by atoms with E-state index in [1.54, 1.807) is 0 Å². The van der Waals surface area contributed by atoms with E-state index in [9.17, 15) is 14.7 Å². The number of esters is 2. The number of rotatable bonds is 37. The Kier molecular flexibility index (Phi) is 38.0. The zero-order valence-corrected chi connectivity index (χ0v) is 31.7. The fourth-order valence-electron chi connectivity index (χ4n) is 5.75. The quantitative estimate of drug-likeness (QED) is 0.0403. The lowest BCUT2D eigenvalue weighted by Crippen LogP contribution is -2.28. The molecular weight excluding hydrogens is 596 g/mol. The second-order valence-corrected chi connectivity index (χ2v) is 13.7. The highest BCUT2D eigenvalue weighted by Crippen LogP contribution is 2.13. The molecule has 280 valence electrons. The largest absolute Gasteiger partial charge is 0.462 e. The van der Waals surface area contributed by atoms with Crippen LogP contribution < -0.4 is 0 Å². The van der Waals surface area contributed by atoms with Crippen LogP contribution in [0, 0.1) is 0 Å². The van der Waals surface area contributed by atoms with Gasteiger partial charge in [-0.3, -0.25) is 9.59 Å². The molecule has 1 unspecified atom stereocenters. The number of carbonyl (C=O) groups excluding carboxylic acids is 2. The van der Waals surface area contributed by atoms with Crippen molar-refractivity contribution >= 4 is 11.9 Å². The molecule has 0 saturated heterocycles. The number of hydrogen-bond donors (Lipinski definition) is 1. The molecule has 0 aliphatic rings. The third-order valence-corrected chi connectivity index (χ3v) is 8.91. The molecule has 48 heavy (non-hydrogen) atoms. The fraction of sp³-hybridized carbons (Fsp3) is 0.814. The summed E-state index contributed by atoms with van der Waals surface area (Å²) >= 11 is 0. The number of hydrogen-bond acceptors (Lipinski definition) is 5. The van der Waals surface area contributed by atoms with Crippen molar-refractivity contribution in [2.75, 3.05) is 13.2 Å². The van der Waals surface area contributed by atoms with Crippen LogP contribution in [0.25, 0.3) is 0 Å². The minimum absolute atomic E-state index is 0.0705. The number of ether oxygens (including phenoxy) is 2. The molecule has 0 spiro atoms. The van der Waals surface area contributed by atoms with Crippen molar-refractivity contribution in [3.63, 3.8) is 0 Å². The first-order chi connectivity index (χ1) is 23.6. The Morgan fingerprint density at radius 1 is 0.479 bits per heavy atom. The molecule has 0 aliphatic carbocycles. The molecule has 0 aliphatic heterocycles.